The highest BCUT2D eigenvalue weighted by Crippen LogP contribution is 2.28. The minimum absolute atomic E-state index is 0.277. The van der Waals surface area contributed by atoms with Crippen molar-refractivity contribution in [2.45, 2.75) is 47.1 Å². The van der Waals surface area contributed by atoms with Gasteiger partial charge in [-0.3, -0.25) is 4.68 Å². The Labute approximate surface area is 105 Å². The zero-order valence-electron chi connectivity index (χ0n) is 12.0. The summed E-state index contributed by atoms with van der Waals surface area (Å²) in [6.45, 7) is 12.3. The first kappa shape index (κ1) is 14.2. The lowest BCUT2D eigenvalue weighted by Crippen LogP contribution is -2.36. The number of hydrogen-bond donors (Lipinski definition) is 1. The monoisotopic (exact) mass is 238 g/mol. The number of nitrogens with zero attached hydrogens (tertiary/aromatic N) is 3. The molecule has 0 bridgehead atoms. The molecule has 1 unspecified atom stereocenters. The minimum atomic E-state index is 0.277. The molecule has 0 aliphatic carbocycles. The third-order valence-corrected chi connectivity index (χ3v) is 3.10. The first-order valence-electron chi connectivity index (χ1n) is 6.37. The van der Waals surface area contributed by atoms with Crippen LogP contribution in [-0.2, 0) is 13.5 Å². The average molecular weight is 238 g/mol. The second-order valence-corrected chi connectivity index (χ2v) is 6.21. The molecule has 0 aliphatic rings. The van der Waals surface area contributed by atoms with E-state index in [0.29, 0.717) is 12.0 Å². The minimum Gasteiger partial charge on any atom is -0.314 e. The molecular formula is C13H26N4. The van der Waals surface area contributed by atoms with Crippen molar-refractivity contribution < 1.29 is 0 Å². The Morgan fingerprint density at radius 1 is 1.35 bits per heavy atom. The summed E-state index contributed by atoms with van der Waals surface area (Å²) >= 11 is 0. The topological polar surface area (TPSA) is 42.7 Å². The maximum atomic E-state index is 4.18. The Bertz CT molecular complexity index is 335. The summed E-state index contributed by atoms with van der Waals surface area (Å²) in [5.41, 5.74) is 1.36. The molecule has 98 valence electrons. The quantitative estimate of drug-likeness (QED) is 0.853. The van der Waals surface area contributed by atoms with Gasteiger partial charge in [0.15, 0.2) is 0 Å². The van der Waals surface area contributed by atoms with Gasteiger partial charge in [0.2, 0.25) is 0 Å². The van der Waals surface area contributed by atoms with Crippen molar-refractivity contribution in [2.24, 2.45) is 18.4 Å². The van der Waals surface area contributed by atoms with Crippen LogP contribution >= 0.6 is 0 Å². The average Bonchev–Trinajstić information content (AvgIpc) is 2.56. The summed E-state index contributed by atoms with van der Waals surface area (Å²) in [4.78, 5) is 0. The molecule has 0 amide bonds. The molecule has 4 heteroatoms. The van der Waals surface area contributed by atoms with Gasteiger partial charge in [-0.25, -0.2) is 0 Å². The lowest BCUT2D eigenvalue weighted by Gasteiger charge is -2.31. The van der Waals surface area contributed by atoms with Gasteiger partial charge < -0.3 is 5.32 Å². The van der Waals surface area contributed by atoms with Gasteiger partial charge in [0, 0.05) is 19.3 Å². The van der Waals surface area contributed by atoms with Gasteiger partial charge in [-0.15, -0.1) is 5.10 Å². The fourth-order valence-electron chi connectivity index (χ4n) is 1.80. The van der Waals surface area contributed by atoms with E-state index in [0.717, 1.165) is 18.7 Å². The van der Waals surface area contributed by atoms with Crippen LogP contribution < -0.4 is 5.32 Å². The highest BCUT2D eigenvalue weighted by atomic mass is 15.4. The van der Waals surface area contributed by atoms with E-state index < -0.39 is 0 Å². The lowest BCUT2D eigenvalue weighted by atomic mass is 9.78. The molecule has 1 rings (SSSR count). The Morgan fingerprint density at radius 3 is 2.41 bits per heavy atom. The maximum Gasteiger partial charge on any atom is 0.0830 e. The van der Waals surface area contributed by atoms with Crippen LogP contribution in [0.5, 0.6) is 0 Å². The molecule has 0 aromatic carbocycles. The smallest absolute Gasteiger partial charge is 0.0830 e. The lowest BCUT2D eigenvalue weighted by molar-refractivity contribution is 0.225. The Morgan fingerprint density at radius 2 is 2.00 bits per heavy atom. The first-order valence-corrected chi connectivity index (χ1v) is 6.37. The Hall–Kier alpha value is -0.900. The van der Waals surface area contributed by atoms with Gasteiger partial charge in [0.05, 0.1) is 5.69 Å². The highest BCUT2D eigenvalue weighted by molar-refractivity contribution is 4.96. The van der Waals surface area contributed by atoms with Gasteiger partial charge in [-0.05, 0) is 24.3 Å². The molecule has 17 heavy (non-hydrogen) atoms. The maximum absolute atomic E-state index is 4.18. The van der Waals surface area contributed by atoms with Crippen molar-refractivity contribution in [3.05, 3.63) is 11.9 Å². The van der Waals surface area contributed by atoms with Gasteiger partial charge in [-0.2, -0.15) is 0 Å². The summed E-state index contributed by atoms with van der Waals surface area (Å²) in [7, 11) is 1.91. The third-order valence-electron chi connectivity index (χ3n) is 3.10. The van der Waals surface area contributed by atoms with E-state index in [1.807, 2.05) is 13.2 Å². The molecule has 1 aromatic heterocycles. The van der Waals surface area contributed by atoms with Crippen LogP contribution in [0.4, 0.5) is 0 Å². The van der Waals surface area contributed by atoms with Crippen LogP contribution in [0.25, 0.3) is 0 Å². The normalized spacial score (nSPS) is 14.3. The zero-order chi connectivity index (χ0) is 13.1. The van der Waals surface area contributed by atoms with Crippen LogP contribution in [0.2, 0.25) is 0 Å². The van der Waals surface area contributed by atoms with Gasteiger partial charge in [0.1, 0.15) is 0 Å². The van der Waals surface area contributed by atoms with Crippen LogP contribution in [0.3, 0.4) is 0 Å². The number of hydrogen-bond acceptors (Lipinski definition) is 3. The molecule has 1 N–H and O–H groups in total. The summed E-state index contributed by atoms with van der Waals surface area (Å²) in [6, 6.07) is 0.529. The molecule has 1 heterocycles. The predicted molar refractivity (Wildman–Crippen MR) is 70.8 cm³/mol. The molecule has 1 aromatic rings. The summed E-state index contributed by atoms with van der Waals surface area (Å²) in [5.74, 6) is 0.571. The largest absolute Gasteiger partial charge is 0.314 e. The number of nitrogens with one attached hydrogen (secondary N) is 1. The molecule has 0 fully saturated rings. The van der Waals surface area contributed by atoms with Gasteiger partial charge >= 0.3 is 0 Å². The molecule has 4 nitrogen and oxygen atoms in total. The van der Waals surface area contributed by atoms with Crippen LogP contribution in [-0.4, -0.2) is 27.6 Å². The molecular weight excluding hydrogens is 212 g/mol. The van der Waals surface area contributed by atoms with Crippen LogP contribution in [0, 0.1) is 11.3 Å². The Kier molecular flexibility index (Phi) is 4.69. The number of aryl methyl sites for hydroxylation is 1. The second kappa shape index (κ2) is 5.63. The Balaban J connectivity index is 2.64. The second-order valence-electron chi connectivity index (χ2n) is 6.21. The van der Waals surface area contributed by atoms with E-state index in [1.165, 1.54) is 0 Å². The summed E-state index contributed by atoms with van der Waals surface area (Å²) in [6.07, 6.45) is 2.99. The van der Waals surface area contributed by atoms with Crippen molar-refractivity contribution in [2.75, 3.05) is 6.54 Å². The van der Waals surface area contributed by atoms with Crippen molar-refractivity contribution in [1.82, 2.24) is 20.3 Å². The fourth-order valence-corrected chi connectivity index (χ4v) is 1.80. The van der Waals surface area contributed by atoms with E-state index in [1.54, 1.807) is 4.68 Å². The molecule has 0 spiro atoms. The SMILES string of the molecule is CC(C)NCC(Cc1cn(C)nn1)C(C)(C)C. The molecule has 0 aliphatic heterocycles. The van der Waals surface area contributed by atoms with Crippen LogP contribution in [0.1, 0.15) is 40.3 Å². The molecule has 1 atom stereocenters. The first-order chi connectivity index (χ1) is 7.79. The molecule has 0 saturated carbocycles. The molecule has 0 saturated heterocycles. The van der Waals surface area contributed by atoms with Crippen molar-refractivity contribution in [3.63, 3.8) is 0 Å². The van der Waals surface area contributed by atoms with Crippen molar-refractivity contribution in [3.8, 4) is 0 Å². The van der Waals surface area contributed by atoms with Crippen molar-refractivity contribution in [1.29, 1.82) is 0 Å². The standard InChI is InChI=1S/C13H26N4/c1-10(2)14-8-11(13(3,4)5)7-12-9-17(6)16-15-12/h9-11,14H,7-8H2,1-6H3. The van der Waals surface area contributed by atoms with E-state index in [9.17, 15) is 0 Å². The fraction of sp³-hybridized carbons (Fsp3) is 0.846. The van der Waals surface area contributed by atoms with E-state index in [-0.39, 0.29) is 5.41 Å². The summed E-state index contributed by atoms with van der Waals surface area (Å²) < 4.78 is 1.77. The van der Waals surface area contributed by atoms with E-state index >= 15 is 0 Å². The van der Waals surface area contributed by atoms with E-state index in [2.05, 4.69) is 50.2 Å². The zero-order valence-corrected chi connectivity index (χ0v) is 12.0. The van der Waals surface area contributed by atoms with Crippen molar-refractivity contribution >= 4 is 0 Å². The molecule has 0 radical (unpaired) electrons. The van der Waals surface area contributed by atoms with Crippen LogP contribution in [0.15, 0.2) is 6.20 Å². The summed E-state index contributed by atoms with van der Waals surface area (Å²) in [5, 5.41) is 11.7. The number of aromatic nitrogens is 3. The predicted octanol–water partition coefficient (Wildman–Crippen LogP) is 2.02. The highest BCUT2D eigenvalue weighted by Gasteiger charge is 2.25. The van der Waals surface area contributed by atoms with Gasteiger partial charge in [0.25, 0.3) is 0 Å². The van der Waals surface area contributed by atoms with E-state index in [4.69, 9.17) is 0 Å². The van der Waals surface area contributed by atoms with Gasteiger partial charge in [-0.1, -0.05) is 39.8 Å². The third kappa shape index (κ3) is 4.86. The number of rotatable bonds is 5.